The van der Waals surface area contributed by atoms with Crippen LogP contribution in [0.1, 0.15) is 23.9 Å². The predicted octanol–water partition coefficient (Wildman–Crippen LogP) is 2.85. The van der Waals surface area contributed by atoms with Crippen LogP contribution in [0.5, 0.6) is 0 Å². The number of rotatable bonds is 4. The van der Waals surface area contributed by atoms with Crippen molar-refractivity contribution in [3.63, 3.8) is 0 Å². The van der Waals surface area contributed by atoms with E-state index in [0.717, 1.165) is 17.8 Å². The molecule has 150 valence electrons. The van der Waals surface area contributed by atoms with Crippen LogP contribution in [0, 0.1) is 11.8 Å². The molecule has 0 aliphatic heterocycles. The molecule has 0 fully saturated rings. The largest absolute Gasteiger partial charge is 0.416 e. The second kappa shape index (κ2) is 9.10. The van der Waals surface area contributed by atoms with E-state index < -0.39 is 11.7 Å². The molecule has 3 rings (SSSR count). The van der Waals surface area contributed by atoms with Crippen molar-refractivity contribution in [3.05, 3.63) is 65.6 Å². The molecule has 3 aromatic rings. The monoisotopic (exact) mass is 400 g/mol. The second-order valence-corrected chi connectivity index (χ2v) is 5.97. The Morgan fingerprint density at radius 1 is 1.14 bits per heavy atom. The average Bonchev–Trinajstić information content (AvgIpc) is 3.12. The fraction of sp³-hybridized carbons (Fsp3) is 0.250. The molecule has 0 aliphatic carbocycles. The lowest BCUT2D eigenvalue weighted by Gasteiger charge is -2.08. The van der Waals surface area contributed by atoms with E-state index in [9.17, 15) is 13.2 Å². The fourth-order valence-corrected chi connectivity index (χ4v) is 2.54. The van der Waals surface area contributed by atoms with Crippen molar-refractivity contribution in [1.82, 2.24) is 25.2 Å². The third kappa shape index (κ3) is 5.48. The Morgan fingerprint density at radius 3 is 2.79 bits per heavy atom. The first-order chi connectivity index (χ1) is 14.0. The van der Waals surface area contributed by atoms with Crippen molar-refractivity contribution in [1.29, 1.82) is 0 Å². The second-order valence-electron chi connectivity index (χ2n) is 5.97. The minimum Gasteiger partial charge on any atom is -0.357 e. The molecule has 2 N–H and O–H groups in total. The summed E-state index contributed by atoms with van der Waals surface area (Å²) in [6.07, 6.45) is -2.52. The lowest BCUT2D eigenvalue weighted by Crippen LogP contribution is -2.37. The van der Waals surface area contributed by atoms with E-state index in [1.807, 2.05) is 35.7 Å². The molecule has 0 unspecified atom stereocenters. The van der Waals surface area contributed by atoms with Gasteiger partial charge in [0.1, 0.15) is 6.54 Å². The number of pyridine rings is 1. The highest BCUT2D eigenvalue weighted by atomic mass is 19.4. The van der Waals surface area contributed by atoms with Crippen LogP contribution < -0.4 is 10.6 Å². The number of nitrogens with zero attached hydrogens (tertiary/aromatic N) is 4. The Kier molecular flexibility index (Phi) is 6.34. The highest BCUT2D eigenvalue weighted by Gasteiger charge is 2.30. The lowest BCUT2D eigenvalue weighted by molar-refractivity contribution is -0.137. The summed E-state index contributed by atoms with van der Waals surface area (Å²) >= 11 is 0. The lowest BCUT2D eigenvalue weighted by atomic mass is 10.1. The molecule has 0 saturated carbocycles. The topological polar surface area (TPSA) is 66.6 Å². The van der Waals surface area contributed by atoms with Gasteiger partial charge in [-0.1, -0.05) is 24.0 Å². The number of halogens is 3. The van der Waals surface area contributed by atoms with Crippen molar-refractivity contribution in [2.45, 2.75) is 19.6 Å². The fourth-order valence-electron chi connectivity index (χ4n) is 2.54. The third-order valence-electron chi connectivity index (χ3n) is 3.87. The first-order valence-corrected chi connectivity index (χ1v) is 8.94. The molecule has 0 amide bonds. The molecule has 0 aliphatic rings. The maximum atomic E-state index is 12.7. The Hall–Kier alpha value is -3.54. The van der Waals surface area contributed by atoms with Gasteiger partial charge in [0.2, 0.25) is 0 Å². The van der Waals surface area contributed by atoms with Crippen LogP contribution in [0.3, 0.4) is 0 Å². The zero-order chi connectivity index (χ0) is 20.7. The van der Waals surface area contributed by atoms with Crippen molar-refractivity contribution >= 4 is 11.6 Å². The van der Waals surface area contributed by atoms with Gasteiger partial charge in [0.15, 0.2) is 17.4 Å². The van der Waals surface area contributed by atoms with Gasteiger partial charge in [0.05, 0.1) is 12.1 Å². The number of benzene rings is 1. The van der Waals surface area contributed by atoms with E-state index in [0.29, 0.717) is 30.4 Å². The number of fused-ring (bicyclic) bond motifs is 1. The Balaban J connectivity index is 1.63. The van der Waals surface area contributed by atoms with Crippen LogP contribution in [0.15, 0.2) is 53.7 Å². The maximum absolute atomic E-state index is 12.7. The number of nitrogens with one attached hydrogen (secondary N) is 2. The quantitative estimate of drug-likeness (QED) is 0.402. The Bertz CT molecular complexity index is 1060. The van der Waals surface area contributed by atoms with Gasteiger partial charge in [-0.15, -0.1) is 10.2 Å². The summed E-state index contributed by atoms with van der Waals surface area (Å²) in [6, 6.07) is 10.6. The molecule has 9 heteroatoms. The summed E-state index contributed by atoms with van der Waals surface area (Å²) in [5, 5.41) is 14.3. The number of aromatic nitrogens is 3. The van der Waals surface area contributed by atoms with Crippen molar-refractivity contribution in [3.8, 4) is 11.8 Å². The van der Waals surface area contributed by atoms with Crippen LogP contribution in [-0.2, 0) is 12.7 Å². The zero-order valence-corrected chi connectivity index (χ0v) is 15.7. The summed E-state index contributed by atoms with van der Waals surface area (Å²) in [5.41, 5.74) is 0.328. The van der Waals surface area contributed by atoms with E-state index in [4.69, 9.17) is 0 Å². The molecule has 0 spiro atoms. The molecule has 2 aromatic heterocycles. The van der Waals surface area contributed by atoms with E-state index in [1.54, 1.807) is 0 Å². The number of alkyl halides is 3. The molecule has 29 heavy (non-hydrogen) atoms. The maximum Gasteiger partial charge on any atom is 0.416 e. The summed E-state index contributed by atoms with van der Waals surface area (Å²) in [6.45, 7) is 3.11. The molecule has 0 bridgehead atoms. The van der Waals surface area contributed by atoms with Crippen LogP contribution in [-0.4, -0.2) is 33.6 Å². The number of hydrogen-bond donors (Lipinski definition) is 2. The summed E-state index contributed by atoms with van der Waals surface area (Å²) in [7, 11) is 0. The normalized spacial score (nSPS) is 11.8. The van der Waals surface area contributed by atoms with Crippen LogP contribution in [0.4, 0.5) is 13.2 Å². The van der Waals surface area contributed by atoms with Gasteiger partial charge in [-0.2, -0.15) is 13.2 Å². The van der Waals surface area contributed by atoms with E-state index in [-0.39, 0.29) is 6.54 Å². The van der Waals surface area contributed by atoms with Crippen molar-refractivity contribution in [2.75, 3.05) is 13.1 Å². The number of guanidine groups is 1. The Morgan fingerprint density at radius 2 is 2.00 bits per heavy atom. The van der Waals surface area contributed by atoms with Gasteiger partial charge in [-0.3, -0.25) is 4.40 Å². The van der Waals surface area contributed by atoms with Crippen LogP contribution in [0.25, 0.3) is 5.65 Å². The highest BCUT2D eigenvalue weighted by molar-refractivity contribution is 5.80. The molecule has 0 saturated heterocycles. The first kappa shape index (κ1) is 20.2. The van der Waals surface area contributed by atoms with Crippen molar-refractivity contribution < 1.29 is 13.2 Å². The van der Waals surface area contributed by atoms with Gasteiger partial charge in [-0.25, -0.2) is 4.99 Å². The molecule has 0 atom stereocenters. The molecular formula is C20H19F3N6. The minimum absolute atomic E-state index is 0.225. The van der Waals surface area contributed by atoms with Gasteiger partial charge in [0, 0.05) is 18.3 Å². The molecular weight excluding hydrogens is 381 g/mol. The Labute approximate surface area is 165 Å². The molecule has 2 heterocycles. The van der Waals surface area contributed by atoms with Crippen LogP contribution in [0.2, 0.25) is 0 Å². The SMILES string of the molecule is CCNC(=NCc1nnc2ccccn12)NCC#Cc1cccc(C(F)(F)F)c1. The van der Waals surface area contributed by atoms with E-state index in [2.05, 4.69) is 37.7 Å². The minimum atomic E-state index is -4.38. The number of hydrogen-bond acceptors (Lipinski definition) is 3. The van der Waals surface area contributed by atoms with E-state index in [1.165, 1.54) is 12.1 Å². The highest BCUT2D eigenvalue weighted by Crippen LogP contribution is 2.29. The van der Waals surface area contributed by atoms with Gasteiger partial charge < -0.3 is 10.6 Å². The average molecular weight is 400 g/mol. The standard InChI is InChI=1S/C20H19F3N6/c1-2-24-19(26-14-18-28-27-17-10-3-4-12-29(17)18)25-11-6-8-15-7-5-9-16(13-15)20(21,22)23/h3-5,7,9-10,12-13H,2,11,14H2,1H3,(H2,24,25,26). The van der Waals surface area contributed by atoms with Gasteiger partial charge in [0.25, 0.3) is 0 Å². The van der Waals surface area contributed by atoms with Gasteiger partial charge in [-0.05, 0) is 37.3 Å². The molecule has 6 nitrogen and oxygen atoms in total. The predicted molar refractivity (Wildman–Crippen MR) is 104 cm³/mol. The molecule has 0 radical (unpaired) electrons. The zero-order valence-electron chi connectivity index (χ0n) is 15.7. The third-order valence-corrected chi connectivity index (χ3v) is 3.87. The van der Waals surface area contributed by atoms with E-state index >= 15 is 0 Å². The van der Waals surface area contributed by atoms with Gasteiger partial charge >= 0.3 is 6.18 Å². The summed E-state index contributed by atoms with van der Waals surface area (Å²) in [4.78, 5) is 4.45. The summed E-state index contributed by atoms with van der Waals surface area (Å²) < 4.78 is 40.1. The van der Waals surface area contributed by atoms with Crippen molar-refractivity contribution in [2.24, 2.45) is 4.99 Å². The summed E-state index contributed by atoms with van der Waals surface area (Å²) in [5.74, 6) is 6.75. The first-order valence-electron chi connectivity index (χ1n) is 8.94. The smallest absolute Gasteiger partial charge is 0.357 e. The number of aliphatic imine (C=N–C) groups is 1. The van der Waals surface area contributed by atoms with Crippen LogP contribution >= 0.6 is 0 Å². The molecule has 1 aromatic carbocycles.